The number of carboxylic acids is 1. The molecule has 1 amide bonds. The van der Waals surface area contributed by atoms with Crippen LogP contribution in [-0.2, 0) is 25.5 Å². The Balaban J connectivity index is 1.64. The van der Waals surface area contributed by atoms with Crippen molar-refractivity contribution in [1.82, 2.24) is 5.32 Å². The van der Waals surface area contributed by atoms with Crippen LogP contribution >= 0.6 is 23.2 Å². The predicted molar refractivity (Wildman–Crippen MR) is 121 cm³/mol. The Hall–Kier alpha value is -2.65. The van der Waals surface area contributed by atoms with Gasteiger partial charge in [0.2, 0.25) is 0 Å². The molecule has 1 saturated heterocycles. The zero-order chi connectivity index (χ0) is 24.3. The van der Waals surface area contributed by atoms with Gasteiger partial charge in [-0.3, -0.25) is 4.79 Å². The fraction of sp³-hybridized carbons (Fsp3) is 0.348. The summed E-state index contributed by atoms with van der Waals surface area (Å²) in [4.78, 5) is 36.7. The molecule has 3 rings (SSSR count). The van der Waals surface area contributed by atoms with Crippen molar-refractivity contribution < 1.29 is 33.7 Å². The van der Waals surface area contributed by atoms with Crippen LogP contribution in [0.2, 0.25) is 10.0 Å². The number of amides is 1. The number of esters is 1. The molecule has 1 heterocycles. The summed E-state index contributed by atoms with van der Waals surface area (Å²) in [5, 5.41) is 12.4. The largest absolute Gasteiger partial charge is 0.480 e. The average Bonchev–Trinajstić information content (AvgIpc) is 3.01. The van der Waals surface area contributed by atoms with E-state index in [9.17, 15) is 19.5 Å². The van der Waals surface area contributed by atoms with Gasteiger partial charge in [-0.05, 0) is 50.6 Å². The van der Waals surface area contributed by atoms with Crippen molar-refractivity contribution in [1.29, 1.82) is 0 Å². The molecule has 2 N–H and O–H groups in total. The van der Waals surface area contributed by atoms with Gasteiger partial charge in [0, 0.05) is 6.42 Å². The van der Waals surface area contributed by atoms with E-state index >= 15 is 0 Å². The van der Waals surface area contributed by atoms with E-state index in [0.717, 1.165) is 0 Å². The third-order valence-corrected chi connectivity index (χ3v) is 5.55. The summed E-state index contributed by atoms with van der Waals surface area (Å²) in [5.41, 5.74) is 0.657. The molecule has 10 heteroatoms. The van der Waals surface area contributed by atoms with Crippen LogP contribution in [0.3, 0.4) is 0 Å². The van der Waals surface area contributed by atoms with Gasteiger partial charge in [-0.15, -0.1) is 0 Å². The second-order valence-electron chi connectivity index (χ2n) is 7.99. The van der Waals surface area contributed by atoms with Crippen LogP contribution in [-0.4, -0.2) is 47.0 Å². The Morgan fingerprint density at radius 2 is 1.70 bits per heavy atom. The summed E-state index contributed by atoms with van der Waals surface area (Å²) in [6, 6.07) is 9.69. The van der Waals surface area contributed by atoms with Gasteiger partial charge in [0.25, 0.3) is 5.91 Å². The molecule has 0 bridgehead atoms. The normalized spacial score (nSPS) is 20.2. The summed E-state index contributed by atoms with van der Waals surface area (Å²) in [7, 11) is 0. The van der Waals surface area contributed by atoms with Gasteiger partial charge < -0.3 is 24.6 Å². The molecule has 2 aromatic carbocycles. The standard InChI is InChI=1S/C23H23Cl2NO7/c1-12-19(33-23(2,3)32-12)20(27)26-17(21(28)29)11-13-7-9-14(10-8-13)31-22(30)18-15(24)5-4-6-16(18)25/h4-10,12,17,19H,11H2,1-3H3,(H,26,27)(H,28,29). The van der Waals surface area contributed by atoms with Crippen molar-refractivity contribution in [3.05, 3.63) is 63.6 Å². The Morgan fingerprint density at radius 3 is 2.21 bits per heavy atom. The van der Waals surface area contributed by atoms with E-state index in [2.05, 4.69) is 5.32 Å². The van der Waals surface area contributed by atoms with Crippen molar-refractivity contribution in [2.24, 2.45) is 0 Å². The molecular weight excluding hydrogens is 473 g/mol. The monoisotopic (exact) mass is 495 g/mol. The molecule has 8 nitrogen and oxygen atoms in total. The van der Waals surface area contributed by atoms with Crippen LogP contribution in [0.5, 0.6) is 5.75 Å². The van der Waals surface area contributed by atoms with Gasteiger partial charge in [-0.25, -0.2) is 9.59 Å². The first-order chi connectivity index (χ1) is 15.5. The molecule has 0 radical (unpaired) electrons. The number of halogens is 2. The predicted octanol–water partition coefficient (Wildman–Crippen LogP) is 3.86. The number of benzene rings is 2. The Kier molecular flexibility index (Phi) is 7.64. The third-order valence-electron chi connectivity index (χ3n) is 4.92. The maximum Gasteiger partial charge on any atom is 0.346 e. The molecule has 176 valence electrons. The number of ether oxygens (including phenoxy) is 3. The second kappa shape index (κ2) is 10.1. The molecule has 2 aromatic rings. The van der Waals surface area contributed by atoms with Crippen LogP contribution in [0.15, 0.2) is 42.5 Å². The lowest BCUT2D eigenvalue weighted by molar-refractivity contribution is -0.157. The quantitative estimate of drug-likeness (QED) is 0.442. The van der Waals surface area contributed by atoms with Crippen molar-refractivity contribution in [2.75, 3.05) is 0 Å². The number of carboxylic acid groups (broad SMARTS) is 1. The Bertz CT molecular complexity index is 1040. The smallest absolute Gasteiger partial charge is 0.346 e. The number of aliphatic carboxylic acids is 1. The molecule has 0 spiro atoms. The minimum atomic E-state index is -1.20. The van der Waals surface area contributed by atoms with Crippen LogP contribution in [0.4, 0.5) is 0 Å². The number of carbonyl (C=O) groups excluding carboxylic acids is 2. The number of hydrogen-bond acceptors (Lipinski definition) is 6. The molecule has 1 fully saturated rings. The van der Waals surface area contributed by atoms with Crippen LogP contribution < -0.4 is 10.1 Å². The van der Waals surface area contributed by atoms with Crippen molar-refractivity contribution in [3.8, 4) is 5.75 Å². The van der Waals surface area contributed by atoms with E-state index < -0.39 is 41.9 Å². The topological polar surface area (TPSA) is 111 Å². The second-order valence-corrected chi connectivity index (χ2v) is 8.81. The molecule has 0 aliphatic carbocycles. The molecule has 1 aliphatic heterocycles. The summed E-state index contributed by atoms with van der Waals surface area (Å²) >= 11 is 12.0. The Labute approximate surface area is 200 Å². The van der Waals surface area contributed by atoms with Gasteiger partial charge in [0.15, 0.2) is 11.9 Å². The van der Waals surface area contributed by atoms with E-state index in [0.29, 0.717) is 5.56 Å². The molecule has 0 saturated carbocycles. The highest BCUT2D eigenvalue weighted by atomic mass is 35.5. The first-order valence-electron chi connectivity index (χ1n) is 10.1. The fourth-order valence-corrected chi connectivity index (χ4v) is 3.99. The van der Waals surface area contributed by atoms with Gasteiger partial charge >= 0.3 is 11.9 Å². The molecule has 1 aliphatic rings. The fourth-order valence-electron chi connectivity index (χ4n) is 3.44. The lowest BCUT2D eigenvalue weighted by Gasteiger charge is -2.19. The first kappa shape index (κ1) is 25.0. The number of nitrogens with one attached hydrogen (secondary N) is 1. The van der Waals surface area contributed by atoms with Crippen molar-refractivity contribution in [3.63, 3.8) is 0 Å². The van der Waals surface area contributed by atoms with E-state index in [4.69, 9.17) is 37.4 Å². The average molecular weight is 496 g/mol. The van der Waals surface area contributed by atoms with Gasteiger partial charge in [0.05, 0.1) is 21.7 Å². The summed E-state index contributed by atoms with van der Waals surface area (Å²) in [5.74, 6) is -3.18. The highest BCUT2D eigenvalue weighted by molar-refractivity contribution is 6.39. The highest BCUT2D eigenvalue weighted by Gasteiger charge is 2.43. The minimum absolute atomic E-state index is 0.0109. The first-order valence-corrected chi connectivity index (χ1v) is 10.9. The lowest BCUT2D eigenvalue weighted by atomic mass is 10.1. The molecule has 3 atom stereocenters. The van der Waals surface area contributed by atoms with Crippen LogP contribution in [0, 0.1) is 0 Å². The molecule has 3 unspecified atom stereocenters. The highest BCUT2D eigenvalue weighted by Crippen LogP contribution is 2.28. The molecular formula is C23H23Cl2NO7. The summed E-state index contributed by atoms with van der Waals surface area (Å²) < 4.78 is 16.4. The third kappa shape index (κ3) is 6.23. The van der Waals surface area contributed by atoms with E-state index in [1.807, 2.05) is 0 Å². The maximum absolute atomic E-state index is 12.6. The molecule has 33 heavy (non-hydrogen) atoms. The zero-order valence-corrected chi connectivity index (χ0v) is 19.6. The maximum atomic E-state index is 12.6. The number of rotatable bonds is 7. The lowest BCUT2D eigenvalue weighted by Crippen LogP contribution is -2.49. The summed E-state index contributed by atoms with van der Waals surface area (Å²) in [6.45, 7) is 5.05. The number of carbonyl (C=O) groups is 3. The van der Waals surface area contributed by atoms with E-state index in [1.165, 1.54) is 24.3 Å². The zero-order valence-electron chi connectivity index (χ0n) is 18.1. The van der Waals surface area contributed by atoms with E-state index in [1.54, 1.807) is 39.0 Å². The van der Waals surface area contributed by atoms with Crippen molar-refractivity contribution in [2.45, 2.75) is 51.2 Å². The van der Waals surface area contributed by atoms with Crippen molar-refractivity contribution >= 4 is 41.0 Å². The van der Waals surface area contributed by atoms with Gasteiger partial charge in [0.1, 0.15) is 11.8 Å². The number of hydrogen-bond donors (Lipinski definition) is 2. The van der Waals surface area contributed by atoms with E-state index in [-0.39, 0.29) is 27.8 Å². The SMILES string of the molecule is CC1OC(C)(C)OC1C(=O)NC(Cc1ccc(OC(=O)c2c(Cl)cccc2Cl)cc1)C(=O)O. The van der Waals surface area contributed by atoms with Gasteiger partial charge in [-0.2, -0.15) is 0 Å². The summed E-state index contributed by atoms with van der Waals surface area (Å²) in [6.07, 6.45) is -1.42. The van der Waals surface area contributed by atoms with Crippen LogP contribution in [0.1, 0.15) is 36.7 Å². The van der Waals surface area contributed by atoms with Gasteiger partial charge in [-0.1, -0.05) is 41.4 Å². The molecule has 0 aromatic heterocycles. The minimum Gasteiger partial charge on any atom is -0.480 e. The Morgan fingerprint density at radius 1 is 1.09 bits per heavy atom. The van der Waals surface area contributed by atoms with Crippen LogP contribution in [0.25, 0.3) is 0 Å².